The van der Waals surface area contributed by atoms with E-state index in [0.29, 0.717) is 11.3 Å². The van der Waals surface area contributed by atoms with Gasteiger partial charge in [0, 0.05) is 32.9 Å². The molecule has 0 radical (unpaired) electrons. The Morgan fingerprint density at radius 1 is 1.22 bits per heavy atom. The van der Waals surface area contributed by atoms with Crippen molar-refractivity contribution in [3.63, 3.8) is 0 Å². The van der Waals surface area contributed by atoms with E-state index in [0.717, 1.165) is 43.3 Å². The van der Waals surface area contributed by atoms with Gasteiger partial charge in [-0.1, -0.05) is 0 Å². The number of likely N-dealkylation sites (N-methyl/N-ethyl adjacent to an activating group) is 1. The molecule has 3 aromatic heterocycles. The van der Waals surface area contributed by atoms with E-state index in [4.69, 9.17) is 4.63 Å². The Morgan fingerprint density at radius 3 is 2.74 bits per heavy atom. The largest absolute Gasteiger partial charge is 0.356 e. The Bertz CT molecular complexity index is 777. The van der Waals surface area contributed by atoms with Crippen LogP contribution in [0, 0.1) is 0 Å². The van der Waals surface area contributed by atoms with Gasteiger partial charge in [0.15, 0.2) is 11.6 Å². The Balaban J connectivity index is 1.64. The van der Waals surface area contributed by atoms with Gasteiger partial charge in [-0.25, -0.2) is 14.6 Å². The lowest BCUT2D eigenvalue weighted by atomic mass is 10.2. The number of hydrogen-bond donors (Lipinski definition) is 1. The fourth-order valence-corrected chi connectivity index (χ4v) is 2.84. The van der Waals surface area contributed by atoms with Gasteiger partial charge in [0.25, 0.3) is 0 Å². The average Bonchev–Trinajstić information content (AvgIpc) is 3.33. The number of nitrogens with zero attached hydrogens (tertiary/aromatic N) is 7. The number of rotatable bonds is 5. The van der Waals surface area contributed by atoms with Crippen molar-refractivity contribution in [2.24, 2.45) is 0 Å². The molecule has 1 saturated heterocycles. The molecular weight excluding hydrogens is 296 g/mol. The van der Waals surface area contributed by atoms with Crippen molar-refractivity contribution in [3.05, 3.63) is 18.0 Å². The van der Waals surface area contributed by atoms with Gasteiger partial charge < -0.3 is 9.80 Å². The molecule has 4 rings (SSSR count). The highest BCUT2D eigenvalue weighted by atomic mass is 16.6. The first-order valence-electron chi connectivity index (χ1n) is 7.75. The van der Waals surface area contributed by atoms with E-state index < -0.39 is 0 Å². The van der Waals surface area contributed by atoms with Crippen LogP contribution in [-0.4, -0.2) is 57.2 Å². The molecule has 1 aliphatic rings. The summed E-state index contributed by atoms with van der Waals surface area (Å²) in [7, 11) is 2.02. The second-order valence-electron chi connectivity index (χ2n) is 5.75. The standard InChI is InChI=1S/C14H18N8O/c1-21(7-4-10-8-15-16-9-10)13-14(22-5-2-3-6-22)18-12-11(17-13)19-23-20-12/h8-9H,2-7H2,1H3,(H,15,16). The van der Waals surface area contributed by atoms with E-state index in [2.05, 4.69) is 40.3 Å². The first-order chi connectivity index (χ1) is 11.3. The Kier molecular flexibility index (Phi) is 3.52. The van der Waals surface area contributed by atoms with Gasteiger partial charge in [-0.15, -0.1) is 0 Å². The van der Waals surface area contributed by atoms with Crippen LogP contribution in [0.15, 0.2) is 17.0 Å². The summed E-state index contributed by atoms with van der Waals surface area (Å²) in [6.07, 6.45) is 6.98. The normalized spacial score (nSPS) is 14.7. The molecule has 3 aromatic rings. The molecule has 9 heteroatoms. The summed E-state index contributed by atoms with van der Waals surface area (Å²) in [5.41, 5.74) is 2.06. The van der Waals surface area contributed by atoms with Crippen LogP contribution in [-0.2, 0) is 6.42 Å². The lowest BCUT2D eigenvalue weighted by Gasteiger charge is -2.24. The quantitative estimate of drug-likeness (QED) is 0.745. The third-order valence-electron chi connectivity index (χ3n) is 4.14. The molecule has 1 N–H and O–H groups in total. The van der Waals surface area contributed by atoms with Gasteiger partial charge in [0.1, 0.15) is 0 Å². The smallest absolute Gasteiger partial charge is 0.245 e. The summed E-state index contributed by atoms with van der Waals surface area (Å²) in [5, 5.41) is 14.5. The molecule has 23 heavy (non-hydrogen) atoms. The Morgan fingerprint density at radius 2 is 2.00 bits per heavy atom. The van der Waals surface area contributed by atoms with Gasteiger partial charge in [-0.2, -0.15) is 5.10 Å². The van der Waals surface area contributed by atoms with Crippen molar-refractivity contribution < 1.29 is 4.63 Å². The molecule has 0 aliphatic carbocycles. The number of aromatic amines is 1. The number of aromatic nitrogens is 6. The van der Waals surface area contributed by atoms with Gasteiger partial charge in [0.2, 0.25) is 11.3 Å². The third-order valence-corrected chi connectivity index (χ3v) is 4.14. The fraction of sp³-hybridized carbons (Fsp3) is 0.500. The highest BCUT2D eigenvalue weighted by Gasteiger charge is 2.23. The number of H-pyrrole nitrogens is 1. The number of hydrogen-bond acceptors (Lipinski definition) is 8. The van der Waals surface area contributed by atoms with Crippen molar-refractivity contribution in [3.8, 4) is 0 Å². The van der Waals surface area contributed by atoms with E-state index in [1.54, 1.807) is 0 Å². The van der Waals surface area contributed by atoms with Crippen molar-refractivity contribution in [1.82, 2.24) is 30.5 Å². The number of nitrogens with one attached hydrogen (secondary N) is 1. The SMILES string of the molecule is CN(CCc1cn[nH]c1)c1nc2nonc2nc1N1CCCC1. The Hall–Kier alpha value is -2.71. The first kappa shape index (κ1) is 13.9. The second-order valence-corrected chi connectivity index (χ2v) is 5.75. The molecule has 0 unspecified atom stereocenters. The van der Waals surface area contributed by atoms with Crippen molar-refractivity contribution in [1.29, 1.82) is 0 Å². The van der Waals surface area contributed by atoms with Gasteiger partial charge >= 0.3 is 0 Å². The molecule has 1 aliphatic heterocycles. The summed E-state index contributed by atoms with van der Waals surface area (Å²) < 4.78 is 4.76. The Labute approximate surface area is 132 Å². The minimum Gasteiger partial charge on any atom is -0.356 e. The molecule has 120 valence electrons. The maximum Gasteiger partial charge on any atom is 0.245 e. The molecule has 0 bridgehead atoms. The summed E-state index contributed by atoms with van der Waals surface area (Å²) >= 11 is 0. The predicted octanol–water partition coefficient (Wildman–Crippen LogP) is 1.01. The molecule has 0 atom stereocenters. The highest BCUT2D eigenvalue weighted by molar-refractivity contribution is 5.74. The molecule has 0 amide bonds. The zero-order valence-electron chi connectivity index (χ0n) is 12.9. The number of anilines is 2. The van der Waals surface area contributed by atoms with Crippen molar-refractivity contribution in [2.75, 3.05) is 36.5 Å². The van der Waals surface area contributed by atoms with Crippen LogP contribution >= 0.6 is 0 Å². The molecule has 0 spiro atoms. The van der Waals surface area contributed by atoms with Gasteiger partial charge in [-0.05, 0) is 35.1 Å². The molecule has 1 fully saturated rings. The van der Waals surface area contributed by atoms with E-state index >= 15 is 0 Å². The average molecular weight is 314 g/mol. The van der Waals surface area contributed by atoms with Gasteiger partial charge in [-0.3, -0.25) is 5.10 Å². The van der Waals surface area contributed by atoms with Crippen molar-refractivity contribution >= 4 is 22.9 Å². The lowest BCUT2D eigenvalue weighted by Crippen LogP contribution is -2.27. The zero-order valence-corrected chi connectivity index (χ0v) is 12.9. The zero-order chi connectivity index (χ0) is 15.6. The lowest BCUT2D eigenvalue weighted by molar-refractivity contribution is 0.314. The maximum atomic E-state index is 4.76. The number of fused-ring (bicyclic) bond motifs is 1. The molecule has 0 saturated carbocycles. The molecule has 4 heterocycles. The summed E-state index contributed by atoms with van der Waals surface area (Å²) in [6, 6.07) is 0. The molecule has 9 nitrogen and oxygen atoms in total. The highest BCUT2D eigenvalue weighted by Crippen LogP contribution is 2.29. The third kappa shape index (κ3) is 2.69. The minimum absolute atomic E-state index is 0.443. The van der Waals surface area contributed by atoms with Crippen LogP contribution in [0.3, 0.4) is 0 Å². The fourth-order valence-electron chi connectivity index (χ4n) is 2.84. The van der Waals surface area contributed by atoms with Gasteiger partial charge in [0.05, 0.1) is 6.20 Å². The van der Waals surface area contributed by atoms with E-state index in [-0.39, 0.29) is 0 Å². The van der Waals surface area contributed by atoms with Crippen LogP contribution in [0.4, 0.5) is 11.6 Å². The van der Waals surface area contributed by atoms with E-state index in [1.165, 1.54) is 12.8 Å². The second kappa shape index (κ2) is 5.82. The topological polar surface area (TPSA) is 99.9 Å². The maximum absolute atomic E-state index is 4.76. The van der Waals surface area contributed by atoms with E-state index in [9.17, 15) is 0 Å². The van der Waals surface area contributed by atoms with E-state index in [1.807, 2.05) is 19.4 Å². The first-order valence-corrected chi connectivity index (χ1v) is 7.75. The minimum atomic E-state index is 0.443. The van der Waals surface area contributed by atoms with Crippen LogP contribution < -0.4 is 9.80 Å². The van der Waals surface area contributed by atoms with Crippen LogP contribution in [0.2, 0.25) is 0 Å². The summed E-state index contributed by atoms with van der Waals surface area (Å²) in [4.78, 5) is 13.6. The van der Waals surface area contributed by atoms with Crippen molar-refractivity contribution in [2.45, 2.75) is 19.3 Å². The molecular formula is C14H18N8O. The van der Waals surface area contributed by atoms with Crippen LogP contribution in [0.5, 0.6) is 0 Å². The summed E-state index contributed by atoms with van der Waals surface area (Å²) in [6.45, 7) is 2.80. The molecule has 0 aromatic carbocycles. The summed E-state index contributed by atoms with van der Waals surface area (Å²) in [5.74, 6) is 1.68. The predicted molar refractivity (Wildman–Crippen MR) is 84.4 cm³/mol. The van der Waals surface area contributed by atoms with Crippen LogP contribution in [0.1, 0.15) is 18.4 Å². The monoisotopic (exact) mass is 314 g/mol. The van der Waals surface area contributed by atoms with Crippen LogP contribution in [0.25, 0.3) is 11.3 Å².